The van der Waals surface area contributed by atoms with Crippen LogP contribution in [0.1, 0.15) is 122 Å². The second-order valence-electron chi connectivity index (χ2n) is 12.9. The maximum atomic E-state index is 12.8. The van der Waals surface area contributed by atoms with Gasteiger partial charge in [0.1, 0.15) is 43.2 Å². The van der Waals surface area contributed by atoms with E-state index >= 15 is 0 Å². The molecule has 0 aromatic carbocycles. The van der Waals surface area contributed by atoms with E-state index in [2.05, 4.69) is 94.3 Å². The fourth-order valence-electron chi connectivity index (χ4n) is 5.26. The van der Waals surface area contributed by atoms with E-state index in [1.807, 2.05) is 0 Å². The van der Waals surface area contributed by atoms with Crippen LogP contribution in [-0.2, 0) is 41.8 Å². The van der Waals surface area contributed by atoms with Crippen LogP contribution in [0.3, 0.4) is 0 Å². The molecule has 1 saturated carbocycles. The van der Waals surface area contributed by atoms with Gasteiger partial charge in [-0.3, -0.25) is 18.4 Å². The summed E-state index contributed by atoms with van der Waals surface area (Å²) in [4.78, 5) is 53.3. The monoisotopic (exact) mass is 922 g/mol. The summed E-state index contributed by atoms with van der Waals surface area (Å²) in [5, 5.41) is 41.2. The molecule has 0 spiro atoms. The largest absolute Gasteiger partial charge is 0.472 e. The molecule has 0 aliphatic heterocycles. The van der Waals surface area contributed by atoms with Crippen molar-refractivity contribution < 1.29 is 95.4 Å². The summed E-state index contributed by atoms with van der Waals surface area (Å²) < 4.78 is 48.3. The Bertz CT molecular complexity index is 1920. The van der Waals surface area contributed by atoms with E-state index in [0.29, 0.717) is 6.42 Å². The normalized spacial score (nSPS) is 20.3. The molecule has 1 fully saturated rings. The Morgan fingerprint density at radius 3 is 1.43 bits per heavy atom. The van der Waals surface area contributed by atoms with Crippen LogP contribution in [0.2, 0.25) is 0 Å². The smallest absolute Gasteiger partial charge is 0.456 e. The Hall–Kier alpha value is -3.73. The van der Waals surface area contributed by atoms with E-state index in [1.165, 1.54) is 44.9 Å². The van der Waals surface area contributed by atoms with Crippen LogP contribution in [0.15, 0.2) is 0 Å². The Balaban J connectivity index is -0.000000207. The van der Waals surface area contributed by atoms with Gasteiger partial charge in [-0.15, -0.1) is 0 Å². The molecule has 4 unspecified atom stereocenters. The van der Waals surface area contributed by atoms with Crippen LogP contribution in [-0.4, -0.2) is 103 Å². The van der Waals surface area contributed by atoms with E-state index in [1.54, 1.807) is 6.92 Å². The third-order valence-electron chi connectivity index (χ3n) is 8.14. The summed E-state index contributed by atoms with van der Waals surface area (Å²) in [5.41, 5.74) is 0. The number of carbonyl (C=O) groups is 2. The fourth-order valence-corrected chi connectivity index (χ4v) is 6.80. The molecule has 60 heavy (non-hydrogen) atoms. The third kappa shape index (κ3) is 27.2. The molecule has 0 bridgehead atoms. The van der Waals surface area contributed by atoms with Crippen LogP contribution < -0.4 is 0 Å². The van der Waals surface area contributed by atoms with Gasteiger partial charge in [-0.05, 0) is 84.4 Å². The number of hydrogen-bond acceptors (Lipinski definition) is 13. The summed E-state index contributed by atoms with van der Waals surface area (Å²) in [6, 6.07) is 0. The Morgan fingerprint density at radius 1 is 0.600 bits per heavy atom. The summed E-state index contributed by atoms with van der Waals surface area (Å²) in [6.45, 7) is 2.18. The highest BCUT2D eigenvalue weighted by molar-refractivity contribution is 7.59. The highest BCUT2D eigenvalue weighted by atomic mass is 32.1. The number of carbonyl (C=O) groups excluding carboxylic acids is 2. The molecule has 0 amide bonds. The van der Waals surface area contributed by atoms with Crippen molar-refractivity contribution in [2.45, 2.75) is 146 Å². The molecule has 16 nitrogen and oxygen atoms in total. The van der Waals surface area contributed by atoms with Gasteiger partial charge in [0.05, 0.1) is 6.61 Å². The summed E-state index contributed by atoms with van der Waals surface area (Å²) in [6.07, 6.45) is -1.07. The molecule has 0 aromatic heterocycles. The second kappa shape index (κ2) is 33.0. The van der Waals surface area contributed by atoms with Gasteiger partial charge in [0, 0.05) is 30.9 Å². The van der Waals surface area contributed by atoms with Crippen molar-refractivity contribution in [1.82, 2.24) is 0 Å². The van der Waals surface area contributed by atoms with Gasteiger partial charge in [-0.1, -0.05) is 89.9 Å². The van der Waals surface area contributed by atoms with Gasteiger partial charge < -0.3 is 44.6 Å². The molecule has 1 aliphatic carbocycles. The molecule has 1 rings (SSSR count). The van der Waals surface area contributed by atoms with Gasteiger partial charge in [-0.2, -0.15) is 13.5 Å². The maximum absolute atomic E-state index is 12.8. The van der Waals surface area contributed by atoms with Gasteiger partial charge >= 0.3 is 27.6 Å². The molecule has 1 aliphatic rings. The molecule has 0 radical (unpaired) electrons. The predicted molar refractivity (Wildman–Crippen MR) is 251 cm³/mol. The van der Waals surface area contributed by atoms with Crippen molar-refractivity contribution in [1.29, 1.82) is 0 Å². The second-order valence-corrected chi connectivity index (χ2v) is 15.5. The number of ether oxygens (including phenoxy) is 2. The van der Waals surface area contributed by atoms with Crippen molar-refractivity contribution in [2.75, 3.05) is 13.2 Å². The standard InChI is InChI=1S/C41H52O16P2.H2S.13H2/c1-3-5-7-9-11-13-15-17-19-21-23-25-27-29-34(42)53-31-33(55-35(43)30-28-26-24-22-20-18-16-14-12-10-8-6-4-2)32-54-59(51,52)57-41-38(46)36(44)40(37(45)39(41)47)56-58(48,49)50;;;;;;;;;;;;;;/h33,36-41,44-47H,4,6,8,10,12,14,16,18,20,22,24,26,28,30-32H2,1-2H3,(H,51,52)(H2,48,49,50);1H2;13*1H/t33-,36-,37+,38?,39-,40?,41?;;;;;;;;;;;;;;/m1............../s1. The summed E-state index contributed by atoms with van der Waals surface area (Å²) in [5.74, 6) is 31.6. The Kier molecular flexibility index (Phi) is 30.9. The number of hydrogen-bond donors (Lipinski definition) is 7. The van der Waals surface area contributed by atoms with Crippen LogP contribution in [0, 0.1) is 82.9 Å². The minimum atomic E-state index is -5.34. The highest BCUT2D eigenvalue weighted by Gasteiger charge is 2.54. The van der Waals surface area contributed by atoms with E-state index in [9.17, 15) is 44.0 Å². The van der Waals surface area contributed by atoms with E-state index in [4.69, 9.17) is 28.3 Å². The molecule has 19 heteroatoms. The number of unbranched alkanes of at least 4 members (excludes halogenated alkanes) is 12. The first-order chi connectivity index (χ1) is 28.1. The average molecular weight is 923 g/mol. The lowest BCUT2D eigenvalue weighted by Crippen LogP contribution is -2.64. The first-order valence-corrected chi connectivity index (χ1v) is 22.0. The molecule has 0 heterocycles. The minimum Gasteiger partial charge on any atom is -0.456 e. The predicted octanol–water partition coefficient (Wildman–Crippen LogP) is 5.71. The van der Waals surface area contributed by atoms with Crippen LogP contribution >= 0.6 is 29.1 Å². The van der Waals surface area contributed by atoms with E-state index < -0.39 is 83.5 Å². The molecule has 7 N–H and O–H groups in total. The summed E-state index contributed by atoms with van der Waals surface area (Å²) in [7, 11) is -10.7. The highest BCUT2D eigenvalue weighted by Crippen LogP contribution is 2.48. The lowest BCUT2D eigenvalue weighted by molar-refractivity contribution is -0.216. The van der Waals surface area contributed by atoms with Crippen molar-refractivity contribution in [3.05, 3.63) is 0 Å². The summed E-state index contributed by atoms with van der Waals surface area (Å²) >= 11 is 0. The van der Waals surface area contributed by atoms with Crippen LogP contribution in [0.25, 0.3) is 0 Å². The zero-order valence-corrected chi connectivity index (χ0v) is 36.3. The zero-order valence-electron chi connectivity index (χ0n) is 33.6. The van der Waals surface area contributed by atoms with Crippen LogP contribution in [0.5, 0.6) is 0 Å². The van der Waals surface area contributed by atoms with Gasteiger partial charge in [0.25, 0.3) is 0 Å². The molecular weight excluding hydrogens is 842 g/mol. The van der Waals surface area contributed by atoms with Crippen molar-refractivity contribution in [3.63, 3.8) is 0 Å². The first-order valence-electron chi connectivity index (χ1n) is 19.0. The van der Waals surface area contributed by atoms with Gasteiger partial charge in [0.2, 0.25) is 0 Å². The Labute approximate surface area is 378 Å². The van der Waals surface area contributed by atoms with Crippen molar-refractivity contribution in [3.8, 4) is 82.9 Å². The topological polar surface area (TPSA) is 256 Å². The maximum Gasteiger partial charge on any atom is 0.472 e. The van der Waals surface area contributed by atoms with Crippen molar-refractivity contribution >= 4 is 41.1 Å². The molecule has 0 saturated heterocycles. The number of aliphatic hydroxyl groups is 4. The number of phosphoric acid groups is 2. The number of rotatable bonds is 24. The molecule has 8 atom stereocenters. The van der Waals surface area contributed by atoms with Gasteiger partial charge in [-0.25, -0.2) is 13.9 Å². The average Bonchev–Trinajstić information content (AvgIpc) is 3.18. The van der Waals surface area contributed by atoms with Crippen molar-refractivity contribution in [2.24, 2.45) is 0 Å². The molecule has 0 aromatic rings. The number of phosphoric ester groups is 2. The van der Waals surface area contributed by atoms with E-state index in [-0.39, 0.29) is 38.5 Å². The van der Waals surface area contributed by atoms with E-state index in [0.717, 1.165) is 32.1 Å². The minimum absolute atomic E-state index is 0. The SMILES string of the molecule is CC#CC#CC#CC#CC#CC#CC#CC(=O)OC[C@H](COP(=O)(O)OC1C(O)[C@@H](O)C(OP(=O)(O)O)[C@@H](O)[C@H]1O)OC(=O)CCCCCCCCCCCCCCC.S.[HH].[HH].[HH].[HH].[HH].[HH].[HH].[HH].[HH].[HH].[HH].[HH].[HH]. The Morgan fingerprint density at radius 2 is 1.00 bits per heavy atom. The quantitative estimate of drug-likeness (QED) is 0.0201. The fraction of sp³-hybridized carbons (Fsp3) is 0.610. The first kappa shape index (κ1) is 56.3. The number of esters is 2. The molecule has 356 valence electrons. The lowest BCUT2D eigenvalue weighted by atomic mass is 9.85. The molecular formula is C41H80O16P2S. The number of aliphatic hydroxyl groups excluding tert-OH is 4. The zero-order chi connectivity index (χ0) is 43.9. The lowest BCUT2D eigenvalue weighted by Gasteiger charge is -2.43. The van der Waals surface area contributed by atoms with Crippen LogP contribution in [0.4, 0.5) is 0 Å². The van der Waals surface area contributed by atoms with Gasteiger partial charge in [0.15, 0.2) is 6.10 Å². The third-order valence-corrected chi connectivity index (χ3v) is 9.65.